The van der Waals surface area contributed by atoms with Crippen molar-refractivity contribution in [3.8, 4) is 11.3 Å². The molecule has 5 rings (SSSR count). The van der Waals surface area contributed by atoms with Crippen LogP contribution in [0.25, 0.3) is 11.3 Å². The van der Waals surface area contributed by atoms with Crippen LogP contribution in [0.5, 0.6) is 0 Å². The summed E-state index contributed by atoms with van der Waals surface area (Å²) in [5.41, 5.74) is 7.23. The Morgan fingerprint density at radius 2 is 1.81 bits per heavy atom. The number of amides is 1. The van der Waals surface area contributed by atoms with E-state index >= 15 is 0 Å². The van der Waals surface area contributed by atoms with E-state index in [4.69, 9.17) is 14.5 Å². The van der Waals surface area contributed by atoms with Gasteiger partial charge in [0.1, 0.15) is 12.6 Å². The van der Waals surface area contributed by atoms with Gasteiger partial charge in [-0.25, -0.2) is 4.98 Å². The van der Waals surface area contributed by atoms with Crippen molar-refractivity contribution in [3.05, 3.63) is 40.8 Å². The summed E-state index contributed by atoms with van der Waals surface area (Å²) in [4.78, 5) is 33.2. The standard InChI is InChI=1S/C35H53N3O4Si/c1-24(2)27(19-32(39)41-4)34(40)37-16-10-11-30(37)33-36-22-31(38(33)23-42-17-18-43(5,6)7)26-13-12-25(3)28-20-35(21-29(26)28)14-8-9-15-35/h12-13,22,24,27,30H,8-11,14-21,23H2,1-7H3/t27-,30-/m0/s1. The van der Waals surface area contributed by atoms with Gasteiger partial charge in [0.15, 0.2) is 0 Å². The maximum absolute atomic E-state index is 14.0. The third-order valence-corrected chi connectivity index (χ3v) is 12.1. The number of aromatic nitrogens is 2. The van der Waals surface area contributed by atoms with Crippen molar-refractivity contribution in [2.75, 3.05) is 20.3 Å². The average molecular weight is 608 g/mol. The van der Waals surface area contributed by atoms with Gasteiger partial charge in [-0.15, -0.1) is 0 Å². The molecule has 0 unspecified atom stereocenters. The molecule has 1 saturated carbocycles. The van der Waals surface area contributed by atoms with Crippen LogP contribution in [0.2, 0.25) is 25.7 Å². The lowest BCUT2D eigenvalue weighted by atomic mass is 9.83. The highest BCUT2D eigenvalue weighted by molar-refractivity contribution is 6.76. The van der Waals surface area contributed by atoms with Crippen molar-refractivity contribution in [2.45, 2.75) is 117 Å². The first-order chi connectivity index (χ1) is 20.4. The number of ether oxygens (including phenoxy) is 2. The molecule has 2 heterocycles. The fourth-order valence-electron chi connectivity index (χ4n) is 7.71. The summed E-state index contributed by atoms with van der Waals surface area (Å²) in [6.07, 6.45) is 11.6. The molecular formula is C35H53N3O4Si. The van der Waals surface area contributed by atoms with Crippen LogP contribution in [0, 0.1) is 24.2 Å². The highest BCUT2D eigenvalue weighted by atomic mass is 28.3. The first-order valence-electron chi connectivity index (χ1n) is 16.6. The number of esters is 1. The highest BCUT2D eigenvalue weighted by Crippen LogP contribution is 2.51. The van der Waals surface area contributed by atoms with Gasteiger partial charge in [-0.1, -0.05) is 58.5 Å². The number of hydrogen-bond donors (Lipinski definition) is 0. The van der Waals surface area contributed by atoms with E-state index < -0.39 is 14.0 Å². The molecule has 2 fully saturated rings. The Hall–Kier alpha value is -2.45. The predicted molar refractivity (Wildman–Crippen MR) is 173 cm³/mol. The minimum absolute atomic E-state index is 0.0260. The largest absolute Gasteiger partial charge is 0.469 e. The van der Waals surface area contributed by atoms with E-state index in [1.165, 1.54) is 61.5 Å². The number of nitrogens with zero attached hydrogens (tertiary/aromatic N) is 3. The number of likely N-dealkylation sites (tertiary alicyclic amines) is 1. The molecule has 0 radical (unpaired) electrons. The number of fused-ring (bicyclic) bond motifs is 1. The van der Waals surface area contributed by atoms with Gasteiger partial charge < -0.3 is 18.9 Å². The Bertz CT molecular complexity index is 1320. The fourth-order valence-corrected chi connectivity index (χ4v) is 8.47. The zero-order chi connectivity index (χ0) is 30.9. The smallest absolute Gasteiger partial charge is 0.306 e. The molecule has 236 valence electrons. The van der Waals surface area contributed by atoms with Crippen molar-refractivity contribution in [1.82, 2.24) is 14.5 Å². The van der Waals surface area contributed by atoms with Crippen molar-refractivity contribution >= 4 is 20.0 Å². The van der Waals surface area contributed by atoms with Crippen LogP contribution in [0.4, 0.5) is 0 Å². The minimum atomic E-state index is -1.24. The maximum Gasteiger partial charge on any atom is 0.306 e. The molecule has 2 aliphatic carbocycles. The molecule has 8 heteroatoms. The van der Waals surface area contributed by atoms with Gasteiger partial charge in [0.25, 0.3) is 0 Å². The number of carbonyl (C=O) groups excluding carboxylic acids is 2. The number of benzene rings is 1. The quantitative estimate of drug-likeness (QED) is 0.152. The van der Waals surface area contributed by atoms with Gasteiger partial charge in [0.05, 0.1) is 37.4 Å². The second kappa shape index (κ2) is 12.9. The Morgan fingerprint density at radius 1 is 1.09 bits per heavy atom. The Morgan fingerprint density at radius 3 is 2.49 bits per heavy atom. The van der Waals surface area contributed by atoms with Gasteiger partial charge >= 0.3 is 5.97 Å². The second-order valence-electron chi connectivity index (χ2n) is 15.0. The van der Waals surface area contributed by atoms with Gasteiger partial charge in [-0.3, -0.25) is 9.59 Å². The number of imidazole rings is 1. The molecule has 0 N–H and O–H groups in total. The number of rotatable bonds is 11. The van der Waals surface area contributed by atoms with Gasteiger partial charge in [0.2, 0.25) is 5.91 Å². The summed E-state index contributed by atoms with van der Waals surface area (Å²) in [6, 6.07) is 5.55. The highest BCUT2D eigenvalue weighted by Gasteiger charge is 2.42. The maximum atomic E-state index is 14.0. The number of carbonyl (C=O) groups is 2. The van der Waals surface area contributed by atoms with E-state index in [0.717, 1.165) is 43.4 Å². The van der Waals surface area contributed by atoms with E-state index in [2.05, 4.69) is 43.3 Å². The van der Waals surface area contributed by atoms with Crippen LogP contribution < -0.4 is 0 Å². The molecule has 7 nitrogen and oxygen atoms in total. The molecule has 43 heavy (non-hydrogen) atoms. The summed E-state index contributed by atoms with van der Waals surface area (Å²) < 4.78 is 13.6. The van der Waals surface area contributed by atoms with E-state index in [1.54, 1.807) is 0 Å². The number of aryl methyl sites for hydroxylation is 1. The fraction of sp³-hybridized carbons (Fsp3) is 0.686. The minimum Gasteiger partial charge on any atom is -0.469 e. The second-order valence-corrected chi connectivity index (χ2v) is 20.7. The van der Waals surface area contributed by atoms with Crippen molar-refractivity contribution in [1.29, 1.82) is 0 Å². The Balaban J connectivity index is 1.50. The first-order valence-corrected chi connectivity index (χ1v) is 20.3. The predicted octanol–water partition coefficient (Wildman–Crippen LogP) is 7.33. The number of methoxy groups -OCH3 is 1. The van der Waals surface area contributed by atoms with Crippen molar-refractivity contribution in [3.63, 3.8) is 0 Å². The molecule has 1 aromatic carbocycles. The molecule has 1 spiro atoms. The SMILES string of the molecule is COC(=O)C[C@H](C(=O)N1CCC[C@H]1c1ncc(-c2ccc(C)c3c2CC2(CCCC2)C3)n1COCC[Si](C)(C)C)C(C)C. The van der Waals surface area contributed by atoms with E-state index in [1.807, 2.05) is 24.9 Å². The van der Waals surface area contributed by atoms with Crippen LogP contribution in [0.3, 0.4) is 0 Å². The Labute approximate surface area is 259 Å². The van der Waals surface area contributed by atoms with Crippen LogP contribution in [-0.2, 0) is 38.6 Å². The van der Waals surface area contributed by atoms with Gasteiger partial charge in [-0.05, 0) is 79.5 Å². The summed E-state index contributed by atoms with van der Waals surface area (Å²) in [6.45, 7) is 15.2. The average Bonchev–Trinajstić information content (AvgIpc) is 3.76. The Kier molecular flexibility index (Phi) is 9.57. The molecule has 2 atom stereocenters. The zero-order valence-corrected chi connectivity index (χ0v) is 28.6. The van der Waals surface area contributed by atoms with E-state index in [0.29, 0.717) is 18.7 Å². The summed E-state index contributed by atoms with van der Waals surface area (Å²) >= 11 is 0. The molecule has 3 aliphatic rings. The molecule has 1 amide bonds. The normalized spacial score (nSPS) is 20.3. The van der Waals surface area contributed by atoms with E-state index in [-0.39, 0.29) is 30.3 Å². The number of hydrogen-bond acceptors (Lipinski definition) is 5. The van der Waals surface area contributed by atoms with Gasteiger partial charge in [0, 0.05) is 26.8 Å². The van der Waals surface area contributed by atoms with Crippen LogP contribution >= 0.6 is 0 Å². The molecule has 1 aromatic heterocycles. The summed E-state index contributed by atoms with van der Waals surface area (Å²) in [7, 11) is 0.147. The van der Waals surface area contributed by atoms with Crippen LogP contribution in [-0.4, -0.2) is 54.7 Å². The van der Waals surface area contributed by atoms with E-state index in [9.17, 15) is 9.59 Å². The molecular weight excluding hydrogens is 554 g/mol. The van der Waals surface area contributed by atoms with Crippen molar-refractivity contribution in [2.24, 2.45) is 17.3 Å². The van der Waals surface area contributed by atoms with Crippen molar-refractivity contribution < 1.29 is 19.1 Å². The topological polar surface area (TPSA) is 73.7 Å². The van der Waals surface area contributed by atoms with Crippen LogP contribution in [0.15, 0.2) is 18.3 Å². The third-order valence-electron chi connectivity index (χ3n) is 10.4. The monoisotopic (exact) mass is 607 g/mol. The lowest BCUT2D eigenvalue weighted by Crippen LogP contribution is -2.39. The van der Waals surface area contributed by atoms with Crippen LogP contribution in [0.1, 0.15) is 87.3 Å². The lowest BCUT2D eigenvalue weighted by Gasteiger charge is -2.30. The third kappa shape index (κ3) is 6.80. The van der Waals surface area contributed by atoms with Gasteiger partial charge in [-0.2, -0.15) is 0 Å². The molecule has 0 bridgehead atoms. The summed E-state index contributed by atoms with van der Waals surface area (Å²) in [5.74, 6) is 0.212. The molecule has 2 aromatic rings. The summed E-state index contributed by atoms with van der Waals surface area (Å²) in [5, 5.41) is 0. The molecule has 1 aliphatic heterocycles. The lowest BCUT2D eigenvalue weighted by molar-refractivity contribution is -0.148. The first kappa shape index (κ1) is 32.0. The molecule has 1 saturated heterocycles. The zero-order valence-electron chi connectivity index (χ0n) is 27.6.